The van der Waals surface area contributed by atoms with E-state index >= 15 is 0 Å². The van der Waals surface area contributed by atoms with Crippen molar-refractivity contribution in [1.82, 2.24) is 24.9 Å². The van der Waals surface area contributed by atoms with Crippen molar-refractivity contribution >= 4 is 27.6 Å². The second kappa shape index (κ2) is 8.91. The Morgan fingerprint density at radius 3 is 2.68 bits per heavy atom. The van der Waals surface area contributed by atoms with E-state index in [1.807, 2.05) is 30.3 Å². The molecule has 3 aromatic rings. The smallest absolute Gasteiger partial charge is 0.307 e. The molecule has 28 heavy (non-hydrogen) atoms. The molecule has 1 N–H and O–H groups in total. The van der Waals surface area contributed by atoms with Gasteiger partial charge in [0.05, 0.1) is 17.0 Å². The summed E-state index contributed by atoms with van der Waals surface area (Å²) in [6, 6.07) is 15.0. The third-order valence-corrected chi connectivity index (χ3v) is 5.32. The van der Waals surface area contributed by atoms with Crippen LogP contribution in [0.1, 0.15) is 12.2 Å². The molecule has 1 aromatic heterocycles. The molecule has 0 unspecified atom stereocenters. The number of tetrazole rings is 1. The molecule has 2 aromatic carbocycles. The van der Waals surface area contributed by atoms with Gasteiger partial charge in [0.15, 0.2) is 12.4 Å². The maximum atomic E-state index is 12.2. The molecule has 0 saturated heterocycles. The molecule has 3 rings (SSSR count). The molecule has 11 heteroatoms. The molecular formula is C17H16ClN5O4S. The predicted molar refractivity (Wildman–Crippen MR) is 100 cm³/mol. The van der Waals surface area contributed by atoms with Crippen LogP contribution in [0.4, 0.5) is 0 Å². The van der Waals surface area contributed by atoms with Crippen LogP contribution in [0, 0.1) is 0 Å². The van der Waals surface area contributed by atoms with E-state index in [1.54, 1.807) is 6.07 Å². The largest absolute Gasteiger partial charge is 0.457 e. The minimum absolute atomic E-state index is 0.0235. The molecule has 0 aliphatic heterocycles. The minimum atomic E-state index is -3.76. The standard InChI is InChI=1S/C17H16ClN5O4S/c18-13-5-4-8-15(11-13)28(25,26)19-10-9-17(24)27-12-16-20-21-22-23(16)14-6-2-1-3-7-14/h1-8,11,19H,9-10,12H2. The summed E-state index contributed by atoms with van der Waals surface area (Å²) in [5, 5.41) is 11.6. The SMILES string of the molecule is O=C(CCNS(=O)(=O)c1cccc(Cl)c1)OCc1nnnn1-c1ccccc1. The van der Waals surface area contributed by atoms with Gasteiger partial charge in [-0.05, 0) is 40.8 Å². The molecule has 0 bridgehead atoms. The van der Waals surface area contributed by atoms with Gasteiger partial charge >= 0.3 is 5.97 Å². The summed E-state index contributed by atoms with van der Waals surface area (Å²) in [6.45, 7) is -0.251. The lowest BCUT2D eigenvalue weighted by molar-refractivity contribution is -0.145. The van der Waals surface area contributed by atoms with Gasteiger partial charge in [-0.1, -0.05) is 35.9 Å². The van der Waals surface area contributed by atoms with Crippen LogP contribution in [0.2, 0.25) is 5.02 Å². The van der Waals surface area contributed by atoms with Crippen LogP contribution >= 0.6 is 11.6 Å². The Balaban J connectivity index is 1.50. The maximum Gasteiger partial charge on any atom is 0.307 e. The predicted octanol–water partition coefficient (Wildman–Crippen LogP) is 1.73. The Labute approximate surface area is 166 Å². The van der Waals surface area contributed by atoms with E-state index in [0.717, 1.165) is 5.69 Å². The number of ether oxygens (including phenoxy) is 1. The quantitative estimate of drug-likeness (QED) is 0.550. The summed E-state index contributed by atoms with van der Waals surface area (Å²) in [4.78, 5) is 11.9. The van der Waals surface area contributed by atoms with E-state index in [1.165, 1.54) is 22.9 Å². The molecule has 0 fully saturated rings. The van der Waals surface area contributed by atoms with Crippen molar-refractivity contribution in [2.45, 2.75) is 17.9 Å². The number of halogens is 1. The summed E-state index contributed by atoms with van der Waals surface area (Å²) < 4.78 is 33.2. The first-order valence-electron chi connectivity index (χ1n) is 8.19. The Morgan fingerprint density at radius 1 is 1.14 bits per heavy atom. The van der Waals surface area contributed by atoms with Crippen molar-refractivity contribution in [3.05, 3.63) is 65.4 Å². The van der Waals surface area contributed by atoms with Gasteiger partial charge in [-0.3, -0.25) is 4.79 Å². The molecule has 0 aliphatic carbocycles. The van der Waals surface area contributed by atoms with Crippen LogP contribution in [0.3, 0.4) is 0 Å². The highest BCUT2D eigenvalue weighted by molar-refractivity contribution is 7.89. The van der Waals surface area contributed by atoms with Gasteiger partial charge in [-0.25, -0.2) is 13.1 Å². The normalized spacial score (nSPS) is 11.3. The van der Waals surface area contributed by atoms with E-state index in [-0.39, 0.29) is 24.5 Å². The Kier molecular flexibility index (Phi) is 6.34. The third-order valence-electron chi connectivity index (χ3n) is 3.62. The van der Waals surface area contributed by atoms with Crippen molar-refractivity contribution in [3.8, 4) is 5.69 Å². The zero-order valence-electron chi connectivity index (χ0n) is 14.5. The molecule has 1 heterocycles. The van der Waals surface area contributed by atoms with Crippen molar-refractivity contribution < 1.29 is 17.9 Å². The Hall–Kier alpha value is -2.82. The molecule has 0 saturated carbocycles. The average molecular weight is 422 g/mol. The molecule has 0 aliphatic rings. The van der Waals surface area contributed by atoms with Crippen LogP contribution in [-0.2, 0) is 26.2 Å². The molecule has 0 atom stereocenters. The summed E-state index contributed by atoms with van der Waals surface area (Å²) in [5.74, 6) is -0.240. The number of sulfonamides is 1. The van der Waals surface area contributed by atoms with Crippen LogP contribution in [0.5, 0.6) is 0 Å². The average Bonchev–Trinajstić information content (AvgIpc) is 3.15. The second-order valence-electron chi connectivity index (χ2n) is 5.61. The number of carbonyl (C=O) groups excluding carboxylic acids is 1. The van der Waals surface area contributed by atoms with Crippen molar-refractivity contribution in [3.63, 3.8) is 0 Å². The van der Waals surface area contributed by atoms with Gasteiger partial charge in [0, 0.05) is 11.6 Å². The second-order valence-corrected chi connectivity index (χ2v) is 7.81. The fraction of sp³-hybridized carbons (Fsp3) is 0.176. The van der Waals surface area contributed by atoms with Gasteiger partial charge in [0.1, 0.15) is 0 Å². The number of nitrogens with one attached hydrogen (secondary N) is 1. The van der Waals surface area contributed by atoms with Gasteiger partial charge in [-0.2, -0.15) is 4.68 Å². The van der Waals surface area contributed by atoms with E-state index < -0.39 is 16.0 Å². The molecule has 146 valence electrons. The highest BCUT2D eigenvalue weighted by atomic mass is 35.5. The molecule has 0 spiro atoms. The highest BCUT2D eigenvalue weighted by Gasteiger charge is 2.16. The molecule has 0 amide bonds. The summed E-state index contributed by atoms with van der Waals surface area (Å²) in [7, 11) is -3.76. The summed E-state index contributed by atoms with van der Waals surface area (Å²) >= 11 is 5.80. The first kappa shape index (κ1) is 19.9. The van der Waals surface area contributed by atoms with E-state index in [0.29, 0.717) is 10.8 Å². The molecular weight excluding hydrogens is 406 g/mol. The molecule has 9 nitrogen and oxygen atoms in total. The highest BCUT2D eigenvalue weighted by Crippen LogP contribution is 2.15. The van der Waals surface area contributed by atoms with Gasteiger partial charge in [0.25, 0.3) is 0 Å². The number of benzene rings is 2. The number of aromatic nitrogens is 4. The number of carbonyl (C=O) groups is 1. The fourth-order valence-corrected chi connectivity index (χ4v) is 3.62. The van der Waals surface area contributed by atoms with Crippen molar-refractivity contribution in [1.29, 1.82) is 0 Å². The number of rotatable bonds is 8. The zero-order chi connectivity index (χ0) is 20.0. The topological polar surface area (TPSA) is 116 Å². The molecule has 0 radical (unpaired) electrons. The van der Waals surface area contributed by atoms with Gasteiger partial charge in [0.2, 0.25) is 10.0 Å². The van der Waals surface area contributed by atoms with Gasteiger partial charge < -0.3 is 4.74 Å². The first-order valence-corrected chi connectivity index (χ1v) is 10.1. The Morgan fingerprint density at radius 2 is 1.93 bits per heavy atom. The number of hydrogen-bond donors (Lipinski definition) is 1. The maximum absolute atomic E-state index is 12.2. The van der Waals surface area contributed by atoms with E-state index in [9.17, 15) is 13.2 Å². The number of para-hydroxylation sites is 1. The van der Waals surface area contributed by atoms with Crippen molar-refractivity contribution in [2.75, 3.05) is 6.54 Å². The summed E-state index contributed by atoms with van der Waals surface area (Å²) in [6.07, 6.45) is -0.146. The van der Waals surface area contributed by atoms with Crippen LogP contribution in [0.15, 0.2) is 59.5 Å². The van der Waals surface area contributed by atoms with E-state index in [2.05, 4.69) is 20.2 Å². The number of nitrogens with zero attached hydrogens (tertiary/aromatic N) is 4. The fourth-order valence-electron chi connectivity index (χ4n) is 2.29. The van der Waals surface area contributed by atoms with Crippen LogP contribution in [0.25, 0.3) is 5.69 Å². The first-order chi connectivity index (χ1) is 13.5. The lowest BCUT2D eigenvalue weighted by Crippen LogP contribution is -2.26. The third kappa shape index (κ3) is 5.12. The zero-order valence-corrected chi connectivity index (χ0v) is 16.1. The number of hydrogen-bond acceptors (Lipinski definition) is 7. The summed E-state index contributed by atoms with van der Waals surface area (Å²) in [5.41, 5.74) is 0.729. The minimum Gasteiger partial charge on any atom is -0.457 e. The lowest BCUT2D eigenvalue weighted by Gasteiger charge is -2.08. The van der Waals surface area contributed by atoms with Crippen LogP contribution in [-0.4, -0.2) is 41.1 Å². The van der Waals surface area contributed by atoms with Gasteiger partial charge in [-0.15, -0.1) is 5.10 Å². The monoisotopic (exact) mass is 421 g/mol. The van der Waals surface area contributed by atoms with E-state index in [4.69, 9.17) is 16.3 Å². The Bertz CT molecular complexity index is 1060. The van der Waals surface area contributed by atoms with Crippen molar-refractivity contribution in [2.24, 2.45) is 0 Å². The van der Waals surface area contributed by atoms with Crippen LogP contribution < -0.4 is 4.72 Å². The lowest BCUT2D eigenvalue weighted by atomic mass is 10.3. The number of esters is 1.